The van der Waals surface area contributed by atoms with Crippen molar-refractivity contribution >= 4 is 12.8 Å². The van der Waals surface area contributed by atoms with Crippen LogP contribution >= 0.6 is 0 Å². The third-order valence-electron chi connectivity index (χ3n) is 1.18. The summed E-state index contributed by atoms with van der Waals surface area (Å²) in [4.78, 5) is 21.5. The van der Waals surface area contributed by atoms with Gasteiger partial charge in [-0.2, -0.15) is 0 Å². The first-order valence-electron chi connectivity index (χ1n) is 3.21. The molecule has 58 valence electrons. The van der Waals surface area contributed by atoms with Crippen molar-refractivity contribution in [3.8, 4) is 0 Å². The van der Waals surface area contributed by atoms with Crippen LogP contribution in [0.25, 0.3) is 0 Å². The van der Waals surface area contributed by atoms with E-state index in [0.717, 1.165) is 6.41 Å². The zero-order valence-corrected chi connectivity index (χ0v) is 6.04. The van der Waals surface area contributed by atoms with E-state index < -0.39 is 0 Å². The Bertz CT molecular complexity index is 106. The van der Waals surface area contributed by atoms with Crippen LogP contribution in [-0.4, -0.2) is 37.4 Å². The second-order valence-electron chi connectivity index (χ2n) is 1.81. The molecule has 0 aliphatic carbocycles. The van der Waals surface area contributed by atoms with E-state index in [1.165, 1.54) is 0 Å². The van der Waals surface area contributed by atoms with Crippen molar-refractivity contribution in [2.75, 3.05) is 19.6 Å². The van der Waals surface area contributed by atoms with Gasteiger partial charge in [0.1, 0.15) is 0 Å². The number of amides is 2. The lowest BCUT2D eigenvalue weighted by atomic mass is 10.5. The topological polar surface area (TPSA) is 49.4 Å². The second-order valence-corrected chi connectivity index (χ2v) is 1.81. The molecule has 0 rings (SSSR count). The van der Waals surface area contributed by atoms with Gasteiger partial charge in [0.2, 0.25) is 12.8 Å². The van der Waals surface area contributed by atoms with Crippen LogP contribution in [0.1, 0.15) is 6.92 Å². The summed E-state index contributed by atoms with van der Waals surface area (Å²) in [5.74, 6) is 0. The maximum Gasteiger partial charge on any atom is 0.209 e. The van der Waals surface area contributed by atoms with Crippen LogP contribution in [-0.2, 0) is 9.59 Å². The van der Waals surface area contributed by atoms with Gasteiger partial charge in [-0.15, -0.1) is 0 Å². The highest BCUT2D eigenvalue weighted by molar-refractivity contribution is 5.48. The molecule has 4 heteroatoms. The molecular formula is C6H12N2O2. The van der Waals surface area contributed by atoms with Gasteiger partial charge in [0.05, 0.1) is 0 Å². The maximum atomic E-state index is 10.1. The van der Waals surface area contributed by atoms with Gasteiger partial charge in [0.25, 0.3) is 0 Å². The Labute approximate surface area is 60.2 Å². The molecule has 0 aromatic carbocycles. The second kappa shape index (κ2) is 6.07. The lowest BCUT2D eigenvalue weighted by Crippen LogP contribution is -2.30. The summed E-state index contributed by atoms with van der Waals surface area (Å²) in [6, 6.07) is 0. The maximum absolute atomic E-state index is 10.1. The molecule has 0 saturated heterocycles. The van der Waals surface area contributed by atoms with E-state index in [1.807, 2.05) is 6.92 Å². The molecule has 0 atom stereocenters. The average molecular weight is 144 g/mol. The van der Waals surface area contributed by atoms with Gasteiger partial charge < -0.3 is 10.2 Å². The molecule has 0 saturated carbocycles. The molecule has 0 aromatic heterocycles. The highest BCUT2D eigenvalue weighted by Gasteiger charge is 1.94. The van der Waals surface area contributed by atoms with Crippen LogP contribution in [0.5, 0.6) is 0 Å². The summed E-state index contributed by atoms with van der Waals surface area (Å²) in [5, 5.41) is 2.47. The monoisotopic (exact) mass is 144 g/mol. The molecule has 1 N–H and O–H groups in total. The number of carbonyl (C=O) groups excluding carboxylic acids is 2. The fraction of sp³-hybridized carbons (Fsp3) is 0.667. The van der Waals surface area contributed by atoms with Crippen LogP contribution in [0.4, 0.5) is 0 Å². The highest BCUT2D eigenvalue weighted by atomic mass is 16.1. The zero-order chi connectivity index (χ0) is 7.82. The summed E-state index contributed by atoms with van der Waals surface area (Å²) in [6.07, 6.45) is 1.39. The molecule has 0 unspecified atom stereocenters. The van der Waals surface area contributed by atoms with Crippen molar-refractivity contribution in [1.82, 2.24) is 10.2 Å². The van der Waals surface area contributed by atoms with Gasteiger partial charge >= 0.3 is 0 Å². The van der Waals surface area contributed by atoms with Gasteiger partial charge in [0.15, 0.2) is 0 Å². The van der Waals surface area contributed by atoms with E-state index in [9.17, 15) is 9.59 Å². The molecule has 2 amide bonds. The molecule has 10 heavy (non-hydrogen) atoms. The Morgan fingerprint density at radius 1 is 1.50 bits per heavy atom. The van der Waals surface area contributed by atoms with E-state index in [4.69, 9.17) is 0 Å². The fourth-order valence-electron chi connectivity index (χ4n) is 0.552. The van der Waals surface area contributed by atoms with Crippen LogP contribution in [0.3, 0.4) is 0 Å². The summed E-state index contributed by atoms with van der Waals surface area (Å²) >= 11 is 0. The Hall–Kier alpha value is -1.06. The first-order valence-corrected chi connectivity index (χ1v) is 3.21. The molecule has 0 aliphatic rings. The standard InChI is InChI=1S/C6H12N2O2/c1-2-8(6-10)4-3-7-5-9/h5-6H,2-4H2,1H3,(H,7,9). The van der Waals surface area contributed by atoms with Crippen molar-refractivity contribution in [3.05, 3.63) is 0 Å². The molecule has 0 bridgehead atoms. The smallest absolute Gasteiger partial charge is 0.209 e. The zero-order valence-electron chi connectivity index (χ0n) is 6.04. The van der Waals surface area contributed by atoms with Crippen molar-refractivity contribution in [3.63, 3.8) is 0 Å². The molecule has 0 fully saturated rings. The number of nitrogens with zero attached hydrogens (tertiary/aromatic N) is 1. The molecule has 0 aliphatic heterocycles. The van der Waals surface area contributed by atoms with Crippen LogP contribution < -0.4 is 5.32 Å². The predicted octanol–water partition coefficient (Wildman–Crippen LogP) is -0.789. The molecule has 0 aromatic rings. The minimum atomic E-state index is 0.524. The SMILES string of the molecule is CCN(C=O)CCNC=O. The van der Waals surface area contributed by atoms with Crippen molar-refractivity contribution < 1.29 is 9.59 Å². The Kier molecular flexibility index (Phi) is 5.42. The van der Waals surface area contributed by atoms with Crippen molar-refractivity contribution in [1.29, 1.82) is 0 Å². The lowest BCUT2D eigenvalue weighted by molar-refractivity contribution is -0.118. The van der Waals surface area contributed by atoms with E-state index in [2.05, 4.69) is 5.32 Å². The van der Waals surface area contributed by atoms with Crippen molar-refractivity contribution in [2.45, 2.75) is 6.92 Å². The van der Waals surface area contributed by atoms with Gasteiger partial charge in [-0.3, -0.25) is 9.59 Å². The molecule has 0 heterocycles. The Balaban J connectivity index is 3.25. The van der Waals surface area contributed by atoms with Gasteiger partial charge in [-0.1, -0.05) is 0 Å². The van der Waals surface area contributed by atoms with Crippen LogP contribution in [0, 0.1) is 0 Å². The van der Waals surface area contributed by atoms with Crippen LogP contribution in [0.15, 0.2) is 0 Å². The van der Waals surface area contributed by atoms with Gasteiger partial charge in [0, 0.05) is 19.6 Å². The normalized spacial score (nSPS) is 8.50. The van der Waals surface area contributed by atoms with E-state index in [0.29, 0.717) is 26.0 Å². The first kappa shape index (κ1) is 8.94. The highest BCUT2D eigenvalue weighted by Crippen LogP contribution is 1.77. The minimum absolute atomic E-state index is 0.524. The van der Waals surface area contributed by atoms with Gasteiger partial charge in [-0.25, -0.2) is 0 Å². The summed E-state index contributed by atoms with van der Waals surface area (Å²) in [6.45, 7) is 3.67. The number of rotatable bonds is 6. The number of hydrogen-bond donors (Lipinski definition) is 1. The summed E-state index contributed by atoms with van der Waals surface area (Å²) in [5.41, 5.74) is 0. The third kappa shape index (κ3) is 3.88. The number of nitrogens with one attached hydrogen (secondary N) is 1. The number of likely N-dealkylation sites (N-methyl/N-ethyl adjacent to an activating group) is 1. The third-order valence-corrected chi connectivity index (χ3v) is 1.18. The quantitative estimate of drug-likeness (QED) is 0.392. The summed E-state index contributed by atoms with van der Waals surface area (Å²) in [7, 11) is 0. The number of carbonyl (C=O) groups is 2. The first-order chi connectivity index (χ1) is 4.85. The molecule has 0 spiro atoms. The Morgan fingerprint density at radius 2 is 2.20 bits per heavy atom. The fourth-order valence-corrected chi connectivity index (χ4v) is 0.552. The lowest BCUT2D eigenvalue weighted by Gasteiger charge is -2.12. The number of hydrogen-bond acceptors (Lipinski definition) is 2. The minimum Gasteiger partial charge on any atom is -0.357 e. The van der Waals surface area contributed by atoms with E-state index >= 15 is 0 Å². The van der Waals surface area contributed by atoms with Crippen molar-refractivity contribution in [2.24, 2.45) is 0 Å². The van der Waals surface area contributed by atoms with Crippen LogP contribution in [0.2, 0.25) is 0 Å². The average Bonchev–Trinajstić information content (AvgIpc) is 1.99. The summed E-state index contributed by atoms with van der Waals surface area (Å²) < 4.78 is 0. The Morgan fingerprint density at radius 3 is 2.60 bits per heavy atom. The predicted molar refractivity (Wildman–Crippen MR) is 37.4 cm³/mol. The van der Waals surface area contributed by atoms with Gasteiger partial charge in [-0.05, 0) is 6.92 Å². The largest absolute Gasteiger partial charge is 0.357 e. The van der Waals surface area contributed by atoms with E-state index in [-0.39, 0.29) is 0 Å². The molecule has 0 radical (unpaired) electrons. The van der Waals surface area contributed by atoms with E-state index in [1.54, 1.807) is 4.90 Å². The molecule has 4 nitrogen and oxygen atoms in total. The molecular weight excluding hydrogens is 132 g/mol.